The van der Waals surface area contributed by atoms with Crippen molar-refractivity contribution < 1.29 is 25.0 Å². The Bertz CT molecular complexity index is 2880. The monoisotopic (exact) mass is 485 g/mol. The molecule has 37 heavy (non-hydrogen) atoms. The van der Waals surface area contributed by atoms with Crippen LogP contribution in [0.2, 0.25) is 0 Å². The molecular weight excluding hydrogens is 448 g/mol. The highest BCUT2D eigenvalue weighted by Gasteiger charge is 2.20. The summed E-state index contributed by atoms with van der Waals surface area (Å²) >= 11 is 0. The summed E-state index contributed by atoms with van der Waals surface area (Å²) in [5.74, 6) is 0. The van der Waals surface area contributed by atoms with Crippen LogP contribution in [0.3, 0.4) is 0 Å². The van der Waals surface area contributed by atoms with Crippen molar-refractivity contribution in [3.05, 3.63) is 133 Å². The number of hydrogen-bond acceptors (Lipinski definition) is 1. The second kappa shape index (κ2) is 7.81. The van der Waals surface area contributed by atoms with Gasteiger partial charge in [0.15, 0.2) is 0 Å². The zero-order valence-electron chi connectivity index (χ0n) is 33.9. The van der Waals surface area contributed by atoms with Crippen molar-refractivity contribution in [3.8, 4) is 22.3 Å². The molecule has 8 rings (SSSR count). The summed E-state index contributed by atoms with van der Waals surface area (Å²) < 4.78 is 138. The van der Waals surface area contributed by atoms with E-state index in [1.807, 2.05) is 0 Å². The van der Waals surface area contributed by atoms with Crippen LogP contribution in [0.4, 0.5) is 0 Å². The van der Waals surface area contributed by atoms with Crippen molar-refractivity contribution in [3.63, 3.8) is 0 Å². The van der Waals surface area contributed by atoms with Gasteiger partial charge < -0.3 is 4.42 Å². The lowest BCUT2D eigenvalue weighted by molar-refractivity contribution is 0.672. The Hall–Kier alpha value is -4.88. The summed E-state index contributed by atoms with van der Waals surface area (Å²) in [5, 5.41) is -0.687. The summed E-state index contributed by atoms with van der Waals surface area (Å²) in [4.78, 5) is 0. The Labute approximate surface area is 235 Å². The van der Waals surface area contributed by atoms with Crippen LogP contribution in [0.1, 0.15) is 20.6 Å². The van der Waals surface area contributed by atoms with Crippen LogP contribution in [0.15, 0.2) is 138 Å². The number of hydrogen-bond donors (Lipinski definition) is 0. The van der Waals surface area contributed by atoms with Crippen LogP contribution >= 0.6 is 0 Å². The van der Waals surface area contributed by atoms with Gasteiger partial charge in [-0.2, -0.15) is 0 Å². The quantitative estimate of drug-likeness (QED) is 0.222. The lowest BCUT2D eigenvalue weighted by atomic mass is 9.84. The summed E-state index contributed by atoms with van der Waals surface area (Å²) in [6.07, 6.45) is 0. The van der Waals surface area contributed by atoms with E-state index in [1.165, 1.54) is 12.1 Å². The number of benzene rings is 7. The Morgan fingerprint density at radius 3 is 1.78 bits per heavy atom. The molecule has 1 heteroatoms. The fourth-order valence-electron chi connectivity index (χ4n) is 5.08. The van der Waals surface area contributed by atoms with E-state index in [2.05, 4.69) is 0 Å². The molecule has 1 nitrogen and oxygen atoms in total. The van der Waals surface area contributed by atoms with Crippen molar-refractivity contribution in [2.75, 3.05) is 0 Å². The maximum atomic E-state index is 9.79. The van der Waals surface area contributed by atoms with Crippen LogP contribution in [-0.2, 0) is 0 Å². The van der Waals surface area contributed by atoms with Gasteiger partial charge in [0.1, 0.15) is 11.2 Å². The third-order valence-corrected chi connectivity index (χ3v) is 6.59. The van der Waals surface area contributed by atoms with Crippen LogP contribution in [-0.4, -0.2) is 0 Å². The molecule has 0 atom stereocenters. The maximum Gasteiger partial charge on any atom is 0.143 e. The second-order valence-electron chi connectivity index (χ2n) is 8.53. The van der Waals surface area contributed by atoms with Crippen molar-refractivity contribution >= 4 is 54.3 Å². The molecule has 0 aliphatic heterocycles. The summed E-state index contributed by atoms with van der Waals surface area (Å²) in [7, 11) is 0. The summed E-state index contributed by atoms with van der Waals surface area (Å²) in [6.45, 7) is 0. The molecule has 0 aliphatic carbocycles. The fraction of sp³-hybridized carbons (Fsp3) is 0. The van der Waals surface area contributed by atoms with Crippen LogP contribution in [0, 0.1) is 0 Å². The molecule has 0 aliphatic rings. The highest BCUT2D eigenvalue weighted by atomic mass is 16.3. The number of rotatable bonds is 2. The van der Waals surface area contributed by atoms with E-state index in [9.17, 15) is 4.11 Å². The Balaban J connectivity index is 1.80. The molecule has 1 aromatic heterocycles. The van der Waals surface area contributed by atoms with Gasteiger partial charge in [-0.3, -0.25) is 0 Å². The molecule has 7 aromatic carbocycles. The van der Waals surface area contributed by atoms with Gasteiger partial charge >= 0.3 is 0 Å². The van der Waals surface area contributed by atoms with E-state index in [1.54, 1.807) is 30.3 Å². The number of fused-ring (bicyclic) bond motifs is 7. The third kappa shape index (κ3) is 2.92. The average Bonchev–Trinajstić information content (AvgIpc) is 3.53. The lowest BCUT2D eigenvalue weighted by Gasteiger charge is -2.19. The van der Waals surface area contributed by atoms with Gasteiger partial charge in [-0.1, -0.05) is 121 Å². The van der Waals surface area contributed by atoms with Crippen molar-refractivity contribution in [1.82, 2.24) is 0 Å². The first kappa shape index (κ1) is 10.6. The molecule has 0 N–H and O–H groups in total. The molecule has 0 bridgehead atoms. The van der Waals surface area contributed by atoms with Crippen molar-refractivity contribution in [2.45, 2.75) is 0 Å². The third-order valence-electron chi connectivity index (χ3n) is 6.59. The Kier molecular flexibility index (Phi) is 2.24. The first-order chi connectivity index (χ1) is 24.6. The number of para-hydroxylation sites is 1. The maximum absolute atomic E-state index is 9.79. The van der Waals surface area contributed by atoms with Gasteiger partial charge in [0, 0.05) is 16.2 Å². The van der Waals surface area contributed by atoms with Gasteiger partial charge in [0.2, 0.25) is 0 Å². The molecule has 0 spiro atoms. The zero-order valence-corrected chi connectivity index (χ0v) is 18.9. The molecule has 0 saturated carbocycles. The van der Waals surface area contributed by atoms with Gasteiger partial charge in [-0.15, -0.1) is 0 Å². The van der Waals surface area contributed by atoms with Gasteiger partial charge in [-0.25, -0.2) is 0 Å². The first-order valence-electron chi connectivity index (χ1n) is 19.0. The average molecular weight is 486 g/mol. The van der Waals surface area contributed by atoms with Crippen LogP contribution in [0.25, 0.3) is 76.5 Å². The molecule has 0 saturated heterocycles. The molecular formula is C36H22O. The summed E-state index contributed by atoms with van der Waals surface area (Å²) in [5.41, 5.74) is -0.123. The Morgan fingerprint density at radius 2 is 1.05 bits per heavy atom. The van der Waals surface area contributed by atoms with Crippen molar-refractivity contribution in [1.29, 1.82) is 0 Å². The molecule has 172 valence electrons. The first-order valence-corrected chi connectivity index (χ1v) is 11.5. The van der Waals surface area contributed by atoms with E-state index >= 15 is 0 Å². The van der Waals surface area contributed by atoms with Crippen LogP contribution < -0.4 is 0 Å². The lowest BCUT2D eigenvalue weighted by Crippen LogP contribution is -1.91. The molecule has 0 radical (unpaired) electrons. The molecule has 8 aromatic rings. The predicted molar refractivity (Wildman–Crippen MR) is 157 cm³/mol. The highest BCUT2D eigenvalue weighted by Crippen LogP contribution is 2.47. The minimum Gasteiger partial charge on any atom is -0.455 e. The van der Waals surface area contributed by atoms with Crippen LogP contribution in [0.5, 0.6) is 0 Å². The van der Waals surface area contributed by atoms with E-state index in [0.717, 1.165) is 0 Å². The largest absolute Gasteiger partial charge is 0.455 e. The molecule has 1 heterocycles. The molecule has 0 amide bonds. The smallest absolute Gasteiger partial charge is 0.143 e. The van der Waals surface area contributed by atoms with Gasteiger partial charge in [0.25, 0.3) is 0 Å². The SMILES string of the molecule is [2H]c1cc2c(-c3ccccc3)c3cc([2H])c([2H])c([2H])c3c(-c3c([2H])c4c(oc5c([2H])c([2H])c([2H])c([2H])c54)c4c([2H])c([2H])c([2H])c([2H])c34)c2c([2H])c1[2H]. The minimum absolute atomic E-state index is 0.0609. The number of furan rings is 1. The van der Waals surface area contributed by atoms with Gasteiger partial charge in [-0.05, 0) is 61.3 Å². The Morgan fingerprint density at radius 1 is 0.459 bits per heavy atom. The van der Waals surface area contributed by atoms with Gasteiger partial charge in [0.05, 0.1) is 20.6 Å². The predicted octanol–water partition coefficient (Wildman–Crippen LogP) is 10.4. The highest BCUT2D eigenvalue weighted by molar-refractivity contribution is 6.26. The van der Waals surface area contributed by atoms with E-state index in [0.29, 0.717) is 11.1 Å². The fourth-order valence-corrected chi connectivity index (χ4v) is 5.08. The second-order valence-corrected chi connectivity index (χ2v) is 8.53. The van der Waals surface area contributed by atoms with Crippen molar-refractivity contribution in [2.24, 2.45) is 0 Å². The topological polar surface area (TPSA) is 13.1 Å². The molecule has 0 fully saturated rings. The van der Waals surface area contributed by atoms with E-state index in [4.69, 9.17) is 20.9 Å². The minimum atomic E-state index is -0.686. The standard InChI is InChI=1S/C36H22O/c1-2-12-23(13-3-1)34-26-16-5-7-18-28(26)35(29-19-8-6-17-27(29)34)31-22-32-25-15-10-11-21-33(25)37-36(32)30-20-9-4-14-24(30)31/h1-22H/i4D,5D,6D,7D,8D,9D,10D,11D,14D,15D,18D,19D,20D,21D,22D. The zero-order chi connectivity index (χ0) is 37.4. The molecule has 0 unspecified atom stereocenters. The van der Waals surface area contributed by atoms with E-state index in [-0.39, 0.29) is 77.5 Å². The normalized spacial score (nSPS) is 17.5. The summed E-state index contributed by atoms with van der Waals surface area (Å²) in [6, 6.07) is 3.32. The van der Waals surface area contributed by atoms with E-state index < -0.39 is 78.6 Å².